The number of hydrogen-bond acceptors (Lipinski definition) is 3. The zero-order valence-electron chi connectivity index (χ0n) is 12.8. The molecule has 0 aliphatic heterocycles. The summed E-state index contributed by atoms with van der Waals surface area (Å²) in [4.78, 5) is 24.7. The maximum Gasteiger partial charge on any atom is 0.275 e. The van der Waals surface area contributed by atoms with Crippen LogP contribution in [0.25, 0.3) is 0 Å². The molecule has 2 aromatic rings. The Morgan fingerprint density at radius 2 is 1.96 bits per heavy atom. The smallest absolute Gasteiger partial charge is 0.275 e. The van der Waals surface area contributed by atoms with Crippen molar-refractivity contribution in [2.45, 2.75) is 6.54 Å². The number of halogens is 1. The minimum absolute atomic E-state index is 0.0613. The number of furan rings is 1. The van der Waals surface area contributed by atoms with Gasteiger partial charge in [-0.2, -0.15) is 0 Å². The summed E-state index contributed by atoms with van der Waals surface area (Å²) in [6.07, 6.45) is 1.61. The predicted octanol–water partition coefficient (Wildman–Crippen LogP) is 0.812. The molecule has 0 aliphatic carbocycles. The molecule has 1 aromatic heterocycles. The molecule has 0 saturated heterocycles. The van der Waals surface area contributed by atoms with Crippen molar-refractivity contribution in [2.24, 2.45) is 0 Å². The van der Waals surface area contributed by atoms with Gasteiger partial charge in [0.15, 0.2) is 12.3 Å². The fraction of sp³-hybridized carbons (Fsp3) is 0.250. The van der Waals surface area contributed by atoms with E-state index >= 15 is 0 Å². The number of likely N-dealkylation sites (N-methyl/N-ethyl adjacent to an activating group) is 1. The lowest BCUT2D eigenvalue weighted by molar-refractivity contribution is -0.886. The normalized spacial score (nSPS) is 11.7. The summed E-state index contributed by atoms with van der Waals surface area (Å²) in [6, 6.07) is 11.0. The molecule has 1 unspecified atom stereocenters. The molecule has 23 heavy (non-hydrogen) atoms. The van der Waals surface area contributed by atoms with Crippen LogP contribution in [-0.2, 0) is 16.1 Å². The molecule has 0 bridgehead atoms. The third-order valence-electron chi connectivity index (χ3n) is 3.11. The lowest BCUT2D eigenvalue weighted by atomic mass is 10.3. The molecule has 6 nitrogen and oxygen atoms in total. The fourth-order valence-electron chi connectivity index (χ4n) is 2.05. The first-order chi connectivity index (χ1) is 11.0. The van der Waals surface area contributed by atoms with Gasteiger partial charge in [0.05, 0.1) is 25.5 Å². The van der Waals surface area contributed by atoms with Crippen molar-refractivity contribution >= 4 is 33.4 Å². The summed E-state index contributed by atoms with van der Waals surface area (Å²) < 4.78 is 6.03. The van der Waals surface area contributed by atoms with E-state index in [0.29, 0.717) is 12.2 Å². The van der Waals surface area contributed by atoms with Crippen molar-refractivity contribution in [1.29, 1.82) is 0 Å². The molecular formula is C16H19BrN3O3+. The first-order valence-corrected chi connectivity index (χ1v) is 7.98. The number of anilines is 1. The first-order valence-electron chi connectivity index (χ1n) is 7.19. The van der Waals surface area contributed by atoms with Crippen molar-refractivity contribution in [1.82, 2.24) is 5.32 Å². The molecule has 0 radical (unpaired) electrons. The number of benzene rings is 1. The third-order valence-corrected chi connectivity index (χ3v) is 3.80. The van der Waals surface area contributed by atoms with Gasteiger partial charge in [0, 0.05) is 4.47 Å². The summed E-state index contributed by atoms with van der Waals surface area (Å²) in [7, 11) is 1.89. The Morgan fingerprint density at radius 1 is 1.17 bits per heavy atom. The number of rotatable bonds is 7. The first kappa shape index (κ1) is 17.2. The molecule has 0 spiro atoms. The molecule has 2 rings (SSSR count). The molecule has 122 valence electrons. The van der Waals surface area contributed by atoms with Gasteiger partial charge in [-0.1, -0.05) is 12.1 Å². The zero-order chi connectivity index (χ0) is 16.7. The molecule has 0 fully saturated rings. The maximum atomic E-state index is 11.9. The Kier molecular flexibility index (Phi) is 6.37. The Morgan fingerprint density at radius 3 is 2.65 bits per heavy atom. The topological polar surface area (TPSA) is 75.8 Å². The van der Waals surface area contributed by atoms with Crippen LogP contribution in [0.3, 0.4) is 0 Å². The molecule has 1 atom stereocenters. The minimum atomic E-state index is -0.270. The fourth-order valence-corrected chi connectivity index (χ4v) is 2.43. The molecule has 3 N–H and O–H groups in total. The van der Waals surface area contributed by atoms with Gasteiger partial charge < -0.3 is 20.0 Å². The van der Waals surface area contributed by atoms with Crippen LogP contribution in [0.2, 0.25) is 0 Å². The number of para-hydroxylation sites is 1. The van der Waals surface area contributed by atoms with E-state index in [0.717, 1.165) is 15.1 Å². The molecule has 1 aromatic carbocycles. The second kappa shape index (κ2) is 8.50. The van der Waals surface area contributed by atoms with E-state index in [4.69, 9.17) is 4.42 Å². The van der Waals surface area contributed by atoms with Crippen molar-refractivity contribution < 1.29 is 18.9 Å². The van der Waals surface area contributed by atoms with Gasteiger partial charge in [-0.15, -0.1) is 0 Å². The average molecular weight is 381 g/mol. The van der Waals surface area contributed by atoms with Gasteiger partial charge in [0.25, 0.3) is 5.91 Å². The van der Waals surface area contributed by atoms with Crippen LogP contribution in [-0.4, -0.2) is 32.0 Å². The number of amides is 2. The largest absolute Gasteiger partial charge is 0.463 e. The van der Waals surface area contributed by atoms with E-state index in [1.165, 1.54) is 0 Å². The Hall–Kier alpha value is -2.12. The van der Waals surface area contributed by atoms with Crippen molar-refractivity contribution in [3.8, 4) is 0 Å². The second-order valence-corrected chi connectivity index (χ2v) is 6.05. The molecule has 1 heterocycles. The predicted molar refractivity (Wildman–Crippen MR) is 89.9 cm³/mol. The van der Waals surface area contributed by atoms with Crippen LogP contribution in [0.15, 0.2) is 51.6 Å². The Labute approximate surface area is 143 Å². The number of carbonyl (C=O) groups is 2. The van der Waals surface area contributed by atoms with E-state index < -0.39 is 0 Å². The van der Waals surface area contributed by atoms with Crippen LogP contribution < -0.4 is 15.5 Å². The van der Waals surface area contributed by atoms with Crippen LogP contribution in [0.4, 0.5) is 5.69 Å². The van der Waals surface area contributed by atoms with Crippen LogP contribution >= 0.6 is 15.9 Å². The summed E-state index contributed by atoms with van der Waals surface area (Å²) >= 11 is 3.35. The van der Waals surface area contributed by atoms with E-state index in [2.05, 4.69) is 26.6 Å². The van der Waals surface area contributed by atoms with Crippen molar-refractivity contribution in [3.05, 3.63) is 52.9 Å². The van der Waals surface area contributed by atoms with Crippen LogP contribution in [0.5, 0.6) is 0 Å². The highest BCUT2D eigenvalue weighted by Crippen LogP contribution is 2.20. The monoisotopic (exact) mass is 380 g/mol. The van der Waals surface area contributed by atoms with Gasteiger partial charge in [0.1, 0.15) is 6.54 Å². The number of carbonyl (C=O) groups excluding carboxylic acids is 2. The summed E-state index contributed by atoms with van der Waals surface area (Å²) in [5.74, 6) is 0.368. The lowest BCUT2D eigenvalue weighted by Crippen LogP contribution is -3.08. The van der Waals surface area contributed by atoms with Gasteiger partial charge in [-0.3, -0.25) is 9.59 Å². The van der Waals surface area contributed by atoms with Gasteiger partial charge in [-0.25, -0.2) is 0 Å². The van der Waals surface area contributed by atoms with Crippen LogP contribution in [0.1, 0.15) is 5.76 Å². The van der Waals surface area contributed by atoms with Gasteiger partial charge in [0.2, 0.25) is 5.91 Å². The van der Waals surface area contributed by atoms with E-state index in [1.807, 2.05) is 37.4 Å². The van der Waals surface area contributed by atoms with Crippen molar-refractivity contribution in [2.75, 3.05) is 25.5 Å². The molecular weight excluding hydrogens is 362 g/mol. The summed E-state index contributed by atoms with van der Waals surface area (Å²) in [5.41, 5.74) is 0.673. The highest BCUT2D eigenvalue weighted by Gasteiger charge is 2.13. The van der Waals surface area contributed by atoms with E-state index in [1.54, 1.807) is 12.3 Å². The Bertz CT molecular complexity index is 658. The molecule has 0 aliphatic rings. The minimum Gasteiger partial charge on any atom is -0.463 e. The van der Waals surface area contributed by atoms with Crippen molar-refractivity contribution in [3.63, 3.8) is 0 Å². The van der Waals surface area contributed by atoms with Gasteiger partial charge in [-0.05, 0) is 40.2 Å². The molecule has 7 heteroatoms. The summed E-state index contributed by atoms with van der Waals surface area (Å²) in [6.45, 7) is 0.820. The summed E-state index contributed by atoms with van der Waals surface area (Å²) in [5, 5.41) is 5.35. The SMILES string of the molecule is C[NH+](CC(=O)NCC(=O)Nc1ccccc1Br)Cc1ccco1. The second-order valence-electron chi connectivity index (χ2n) is 5.19. The van der Waals surface area contributed by atoms with Crippen LogP contribution in [0, 0.1) is 0 Å². The Balaban J connectivity index is 1.71. The molecule has 0 saturated carbocycles. The van der Waals surface area contributed by atoms with Gasteiger partial charge >= 0.3 is 0 Å². The molecule has 2 amide bonds. The average Bonchev–Trinajstić information content (AvgIpc) is 3.00. The highest BCUT2D eigenvalue weighted by molar-refractivity contribution is 9.10. The lowest BCUT2D eigenvalue weighted by Gasteiger charge is -2.12. The van der Waals surface area contributed by atoms with E-state index in [-0.39, 0.29) is 24.9 Å². The maximum absolute atomic E-state index is 11.9. The van der Waals surface area contributed by atoms with E-state index in [9.17, 15) is 9.59 Å². The number of nitrogens with one attached hydrogen (secondary N) is 3. The number of quaternary nitrogens is 1. The third kappa shape index (κ3) is 5.88. The number of hydrogen-bond donors (Lipinski definition) is 3. The standard InChI is InChI=1S/C16H18BrN3O3/c1-20(10-12-5-4-8-23-12)11-16(22)18-9-15(21)19-14-7-3-2-6-13(14)17/h2-8H,9-11H2,1H3,(H,18,22)(H,19,21)/p+1. The zero-order valence-corrected chi connectivity index (χ0v) is 14.4. The highest BCUT2D eigenvalue weighted by atomic mass is 79.9. The quantitative estimate of drug-likeness (QED) is 0.665.